The maximum atomic E-state index is 12.7. The fourth-order valence-corrected chi connectivity index (χ4v) is 4.03. The van der Waals surface area contributed by atoms with Gasteiger partial charge in [0.15, 0.2) is 0 Å². The van der Waals surface area contributed by atoms with Gasteiger partial charge in [0.05, 0.1) is 10.4 Å². The second kappa shape index (κ2) is 5.62. The zero-order valence-electron chi connectivity index (χ0n) is 12.8. The molecule has 0 fully saturated rings. The average molecular weight is 303 g/mol. The van der Waals surface area contributed by atoms with Crippen LogP contribution in [0.15, 0.2) is 53.4 Å². The lowest BCUT2D eigenvalue weighted by atomic mass is 9.96. The van der Waals surface area contributed by atoms with Gasteiger partial charge in [0.1, 0.15) is 0 Å². The van der Waals surface area contributed by atoms with Crippen LogP contribution in [-0.4, -0.2) is 8.42 Å². The summed E-state index contributed by atoms with van der Waals surface area (Å²) in [6, 6.07) is 15.0. The first-order valence-electron chi connectivity index (χ1n) is 6.89. The van der Waals surface area contributed by atoms with Crippen molar-refractivity contribution in [3.05, 3.63) is 65.2 Å². The van der Waals surface area contributed by atoms with Gasteiger partial charge in [-0.15, -0.1) is 0 Å². The van der Waals surface area contributed by atoms with E-state index in [-0.39, 0.29) is 0 Å². The number of nitrogens with one attached hydrogen (secondary N) is 1. The Morgan fingerprint density at radius 3 is 2.19 bits per heavy atom. The largest absolute Gasteiger partial charge is 0.241 e. The van der Waals surface area contributed by atoms with Crippen LogP contribution in [0.5, 0.6) is 0 Å². The molecule has 0 aliphatic carbocycles. The first-order chi connectivity index (χ1) is 9.72. The molecule has 0 aliphatic heterocycles. The predicted octanol–water partition coefficient (Wildman–Crippen LogP) is 3.52. The fourth-order valence-electron chi connectivity index (χ4n) is 2.30. The molecular weight excluding hydrogens is 282 g/mol. The molecule has 0 aliphatic rings. The summed E-state index contributed by atoms with van der Waals surface area (Å²) in [4.78, 5) is 0.339. The molecule has 112 valence electrons. The Morgan fingerprint density at radius 2 is 1.57 bits per heavy atom. The van der Waals surface area contributed by atoms with Gasteiger partial charge >= 0.3 is 0 Å². The van der Waals surface area contributed by atoms with Crippen molar-refractivity contribution in [3.63, 3.8) is 0 Å². The van der Waals surface area contributed by atoms with E-state index in [1.54, 1.807) is 6.07 Å². The minimum Gasteiger partial charge on any atom is -0.207 e. The summed E-state index contributed by atoms with van der Waals surface area (Å²) in [5.41, 5.74) is 1.94. The zero-order chi connectivity index (χ0) is 15.7. The van der Waals surface area contributed by atoms with Crippen LogP contribution >= 0.6 is 0 Å². The van der Waals surface area contributed by atoms with Gasteiger partial charge < -0.3 is 0 Å². The van der Waals surface area contributed by atoms with Crippen molar-refractivity contribution in [1.29, 1.82) is 0 Å². The number of hydrogen-bond donors (Lipinski definition) is 1. The van der Waals surface area contributed by atoms with Gasteiger partial charge in [-0.3, -0.25) is 0 Å². The molecule has 21 heavy (non-hydrogen) atoms. The van der Waals surface area contributed by atoms with Crippen LogP contribution in [0.4, 0.5) is 0 Å². The second-order valence-corrected chi connectivity index (χ2v) is 7.52. The Morgan fingerprint density at radius 1 is 0.952 bits per heavy atom. The quantitative estimate of drug-likeness (QED) is 0.939. The van der Waals surface area contributed by atoms with Gasteiger partial charge in [0.25, 0.3) is 0 Å². The first-order valence-corrected chi connectivity index (χ1v) is 8.37. The number of sulfonamides is 1. The second-order valence-electron chi connectivity index (χ2n) is 5.87. The smallest absolute Gasteiger partial charge is 0.207 e. The molecule has 0 radical (unpaired) electrons. The molecule has 0 unspecified atom stereocenters. The highest BCUT2D eigenvalue weighted by molar-refractivity contribution is 7.89. The monoisotopic (exact) mass is 303 g/mol. The van der Waals surface area contributed by atoms with E-state index in [9.17, 15) is 8.42 Å². The molecule has 0 saturated heterocycles. The summed E-state index contributed by atoms with van der Waals surface area (Å²) >= 11 is 0. The lowest BCUT2D eigenvalue weighted by Gasteiger charge is -2.27. The van der Waals surface area contributed by atoms with Crippen molar-refractivity contribution < 1.29 is 8.42 Å². The van der Waals surface area contributed by atoms with Crippen molar-refractivity contribution in [3.8, 4) is 0 Å². The maximum Gasteiger partial charge on any atom is 0.241 e. The molecule has 0 aromatic heterocycles. The van der Waals surface area contributed by atoms with E-state index in [4.69, 9.17) is 0 Å². The minimum absolute atomic E-state index is 0.339. The molecule has 2 rings (SSSR count). The van der Waals surface area contributed by atoms with Crippen LogP contribution in [0, 0.1) is 13.8 Å². The van der Waals surface area contributed by atoms with Crippen molar-refractivity contribution in [2.75, 3.05) is 0 Å². The Hall–Kier alpha value is -1.65. The van der Waals surface area contributed by atoms with Gasteiger partial charge in [-0.1, -0.05) is 42.5 Å². The molecule has 0 atom stereocenters. The Bertz CT molecular complexity index is 735. The van der Waals surface area contributed by atoms with Crippen LogP contribution < -0.4 is 4.72 Å². The summed E-state index contributed by atoms with van der Waals surface area (Å²) in [6.45, 7) is 7.43. The highest BCUT2D eigenvalue weighted by Gasteiger charge is 2.28. The molecule has 4 heteroatoms. The molecule has 3 nitrogen and oxygen atoms in total. The van der Waals surface area contributed by atoms with Crippen molar-refractivity contribution in [2.24, 2.45) is 0 Å². The summed E-state index contributed by atoms with van der Waals surface area (Å²) in [5, 5.41) is 0. The van der Waals surface area contributed by atoms with E-state index < -0.39 is 15.6 Å². The number of aryl methyl sites for hydroxylation is 2. The maximum absolute atomic E-state index is 12.7. The Kier molecular flexibility index (Phi) is 4.21. The lowest BCUT2D eigenvalue weighted by Crippen LogP contribution is -2.41. The topological polar surface area (TPSA) is 46.2 Å². The third-order valence-corrected chi connectivity index (χ3v) is 5.32. The number of hydrogen-bond acceptors (Lipinski definition) is 2. The van der Waals surface area contributed by atoms with Gasteiger partial charge in [-0.05, 0) is 50.5 Å². The third-order valence-electron chi connectivity index (χ3n) is 3.52. The van der Waals surface area contributed by atoms with E-state index in [0.29, 0.717) is 4.90 Å². The standard InChI is InChI=1S/C17H21NO2S/c1-13-10-11-14(2)16(12-13)21(19,20)18-17(3,4)15-8-6-5-7-9-15/h5-12,18H,1-4H3. The molecule has 2 aromatic carbocycles. The summed E-state index contributed by atoms with van der Waals surface area (Å²) < 4.78 is 28.2. The van der Waals surface area contributed by atoms with Gasteiger partial charge in [0, 0.05) is 0 Å². The highest BCUT2D eigenvalue weighted by atomic mass is 32.2. The molecule has 0 saturated carbocycles. The van der Waals surface area contributed by atoms with Crippen LogP contribution in [0.3, 0.4) is 0 Å². The van der Waals surface area contributed by atoms with Crippen LogP contribution in [0.25, 0.3) is 0 Å². The SMILES string of the molecule is Cc1ccc(C)c(S(=O)(=O)NC(C)(C)c2ccccc2)c1. The summed E-state index contributed by atoms with van der Waals surface area (Å²) in [6.07, 6.45) is 0. The summed E-state index contributed by atoms with van der Waals surface area (Å²) in [5.74, 6) is 0. The molecule has 2 aromatic rings. The average Bonchev–Trinajstić information content (AvgIpc) is 2.41. The van der Waals surface area contributed by atoms with Crippen molar-refractivity contribution in [1.82, 2.24) is 4.72 Å². The molecule has 0 bridgehead atoms. The van der Waals surface area contributed by atoms with E-state index >= 15 is 0 Å². The third kappa shape index (κ3) is 3.52. The van der Waals surface area contributed by atoms with Crippen LogP contribution in [0.1, 0.15) is 30.5 Å². The van der Waals surface area contributed by atoms with Crippen molar-refractivity contribution in [2.45, 2.75) is 38.1 Å². The van der Waals surface area contributed by atoms with Gasteiger partial charge in [-0.25, -0.2) is 13.1 Å². The van der Waals surface area contributed by atoms with Crippen LogP contribution in [0.2, 0.25) is 0 Å². The fraction of sp³-hybridized carbons (Fsp3) is 0.294. The number of rotatable bonds is 4. The highest BCUT2D eigenvalue weighted by Crippen LogP contribution is 2.24. The van der Waals surface area contributed by atoms with E-state index in [1.165, 1.54) is 0 Å². The minimum atomic E-state index is -3.57. The van der Waals surface area contributed by atoms with E-state index in [2.05, 4.69) is 4.72 Å². The molecule has 0 amide bonds. The summed E-state index contributed by atoms with van der Waals surface area (Å²) in [7, 11) is -3.57. The first kappa shape index (κ1) is 15.7. The normalized spacial score (nSPS) is 12.4. The van der Waals surface area contributed by atoms with Gasteiger partial charge in [0.2, 0.25) is 10.0 Å². The molecule has 0 spiro atoms. The zero-order valence-corrected chi connectivity index (χ0v) is 13.7. The van der Waals surface area contributed by atoms with E-state index in [0.717, 1.165) is 16.7 Å². The predicted molar refractivity (Wildman–Crippen MR) is 85.7 cm³/mol. The van der Waals surface area contributed by atoms with E-state index in [1.807, 2.05) is 70.2 Å². The van der Waals surface area contributed by atoms with Crippen molar-refractivity contribution >= 4 is 10.0 Å². The molecular formula is C17H21NO2S. The molecule has 1 N–H and O–H groups in total. The molecule has 0 heterocycles. The van der Waals surface area contributed by atoms with Gasteiger partial charge in [-0.2, -0.15) is 0 Å². The Balaban J connectivity index is 2.40. The number of benzene rings is 2. The lowest BCUT2D eigenvalue weighted by molar-refractivity contribution is 0.472. The Labute approximate surface area is 127 Å². The van der Waals surface area contributed by atoms with Crippen LogP contribution in [-0.2, 0) is 15.6 Å².